The van der Waals surface area contributed by atoms with Gasteiger partial charge in [0.25, 0.3) is 23.6 Å². The van der Waals surface area contributed by atoms with Crippen molar-refractivity contribution in [3.63, 3.8) is 0 Å². The van der Waals surface area contributed by atoms with Crippen LogP contribution in [-0.4, -0.2) is 132 Å². The molecule has 0 unspecified atom stereocenters. The van der Waals surface area contributed by atoms with Crippen molar-refractivity contribution in [1.82, 2.24) is 34.4 Å². The molecule has 3 aromatic carbocycles. The molecule has 6 aromatic rings. The molecule has 5 aliphatic heterocycles. The van der Waals surface area contributed by atoms with Gasteiger partial charge in [0, 0.05) is 118 Å². The lowest BCUT2D eigenvalue weighted by Crippen LogP contribution is -2.47. The highest BCUT2D eigenvalue weighted by molar-refractivity contribution is 7.89. The summed E-state index contributed by atoms with van der Waals surface area (Å²) in [7, 11) is -2.35. The Bertz CT molecular complexity index is 3060. The smallest absolute Gasteiger partial charge is 0.261 e. The van der Waals surface area contributed by atoms with Crippen LogP contribution >= 0.6 is 47.2 Å². The minimum absolute atomic E-state index is 0. The van der Waals surface area contributed by atoms with E-state index in [2.05, 4.69) is 30.1 Å². The number of imide groups is 2. The average Bonchev–Trinajstić information content (AvgIpc) is 3.99. The number of rotatable bonds is 11. The number of Topliss-reactive ketones (excluding diaryl/α,β-unsaturated/α-hetero) is 1. The summed E-state index contributed by atoms with van der Waals surface area (Å²) in [5, 5.41) is 4.15. The van der Waals surface area contributed by atoms with Crippen molar-refractivity contribution in [2.75, 3.05) is 62.7 Å². The molecule has 0 bridgehead atoms. The van der Waals surface area contributed by atoms with E-state index in [4.69, 9.17) is 34.8 Å². The van der Waals surface area contributed by atoms with Gasteiger partial charge in [-0.15, -0.1) is 12.4 Å². The molecule has 11 rings (SSSR count). The monoisotopic (exact) mass is 1160 g/mol. The number of halogens is 4. The number of sulfonamides is 1. The minimum atomic E-state index is -3.81. The third kappa shape index (κ3) is 14.5. The Hall–Kier alpha value is -6.31. The number of pyridine rings is 3. The first-order chi connectivity index (χ1) is 37.2. The summed E-state index contributed by atoms with van der Waals surface area (Å²) in [5.41, 5.74) is 4.47. The van der Waals surface area contributed by atoms with Crippen molar-refractivity contribution in [2.45, 2.75) is 68.3 Å². The van der Waals surface area contributed by atoms with Gasteiger partial charge in [0.2, 0.25) is 10.0 Å². The Morgan fingerprint density at radius 3 is 1.41 bits per heavy atom. The zero-order valence-electron chi connectivity index (χ0n) is 43.0. The summed E-state index contributed by atoms with van der Waals surface area (Å²) < 4.78 is 26.6. The first kappa shape index (κ1) is 59.4. The predicted octanol–water partition coefficient (Wildman–Crippen LogP) is 9.81. The third-order valence-electron chi connectivity index (χ3n) is 14.3. The van der Waals surface area contributed by atoms with Crippen LogP contribution < -0.4 is 15.1 Å². The molecule has 0 radical (unpaired) electrons. The highest BCUT2D eigenvalue weighted by Crippen LogP contribution is 2.33. The van der Waals surface area contributed by atoms with Crippen molar-refractivity contribution >= 4 is 98.0 Å². The summed E-state index contributed by atoms with van der Waals surface area (Å²) in [5.74, 6) is -0.132. The molecule has 78 heavy (non-hydrogen) atoms. The molecule has 21 heteroatoms. The summed E-state index contributed by atoms with van der Waals surface area (Å²) in [4.78, 5) is 81.2. The molecule has 0 saturated carbocycles. The van der Waals surface area contributed by atoms with E-state index in [-0.39, 0.29) is 81.8 Å². The number of fused-ring (bicyclic) bond motifs is 2. The fourth-order valence-corrected chi connectivity index (χ4v) is 12.1. The van der Waals surface area contributed by atoms with Crippen LogP contribution in [0.25, 0.3) is 0 Å². The van der Waals surface area contributed by atoms with Crippen molar-refractivity contribution in [2.24, 2.45) is 5.92 Å². The first-order valence-electron chi connectivity index (χ1n) is 25.6. The molecule has 4 amide bonds. The number of amides is 4. The van der Waals surface area contributed by atoms with Crippen LogP contribution in [0.5, 0.6) is 0 Å². The van der Waals surface area contributed by atoms with E-state index in [1.807, 2.05) is 24.3 Å². The predicted molar refractivity (Wildman–Crippen MR) is 305 cm³/mol. The van der Waals surface area contributed by atoms with Gasteiger partial charge in [0.05, 0.1) is 32.3 Å². The highest BCUT2D eigenvalue weighted by atomic mass is 35.5. The minimum Gasteiger partial charge on any atom is -0.371 e. The van der Waals surface area contributed by atoms with Gasteiger partial charge in [-0.3, -0.25) is 48.7 Å². The largest absolute Gasteiger partial charge is 0.371 e. The number of nitrogens with one attached hydrogen (secondary N) is 1. The Kier molecular flexibility index (Phi) is 21.3. The maximum Gasteiger partial charge on any atom is 0.261 e. The molecule has 3 saturated heterocycles. The summed E-state index contributed by atoms with van der Waals surface area (Å²) >= 11 is 17.5. The number of hydrogen-bond acceptors (Lipinski definition) is 13. The van der Waals surface area contributed by atoms with E-state index >= 15 is 0 Å². The van der Waals surface area contributed by atoms with Crippen molar-refractivity contribution in [3.05, 3.63) is 178 Å². The topological polar surface area (TPSA) is 186 Å². The molecule has 3 fully saturated rings. The van der Waals surface area contributed by atoms with E-state index in [0.717, 1.165) is 98.5 Å². The SMILES string of the molecule is CN(CCC(=O)CC1CCN(c2ccncc2)CC1)S(=O)(=O)c1cccc(Cl)c1Cl.Cl.Clc1ccncc1.O=C1c2ccccc2C(=O)N1C1CCN(c2ccncc2)CC1.O=C1c2ccccc2C(=O)N1C1CCNCC1. The zero-order valence-corrected chi connectivity index (χ0v) is 46.9. The van der Waals surface area contributed by atoms with Gasteiger partial charge in [-0.1, -0.05) is 65.1 Å². The number of ketones is 1. The molecule has 410 valence electrons. The number of nitrogens with zero attached hydrogens (tertiary/aromatic N) is 8. The van der Waals surface area contributed by atoms with Gasteiger partial charge in [0.15, 0.2) is 0 Å². The molecule has 5 aliphatic rings. The van der Waals surface area contributed by atoms with E-state index in [1.165, 1.54) is 29.0 Å². The molecular formula is C57H61Cl4N9O7S. The number of carbonyl (C=O) groups is 5. The quantitative estimate of drug-likeness (QED) is 0.121. The molecule has 0 spiro atoms. The number of aromatic nitrogens is 3. The number of carbonyl (C=O) groups excluding carboxylic acids is 5. The maximum absolute atomic E-state index is 12.7. The lowest BCUT2D eigenvalue weighted by Gasteiger charge is -2.36. The second-order valence-corrected chi connectivity index (χ2v) is 22.4. The number of hydrogen-bond donors (Lipinski definition) is 1. The third-order valence-corrected chi connectivity index (χ3v) is 17.4. The normalized spacial score (nSPS) is 16.7. The Morgan fingerprint density at radius 1 is 0.577 bits per heavy atom. The lowest BCUT2D eigenvalue weighted by atomic mass is 9.91. The second kappa shape index (κ2) is 28.0. The van der Waals surface area contributed by atoms with Gasteiger partial charge < -0.3 is 15.1 Å². The Morgan fingerprint density at radius 2 is 0.987 bits per heavy atom. The summed E-state index contributed by atoms with van der Waals surface area (Å²) in [6, 6.07) is 30.1. The fourth-order valence-electron chi connectivity index (χ4n) is 10.0. The van der Waals surface area contributed by atoms with Crippen LogP contribution in [0.1, 0.15) is 92.8 Å². The number of piperidine rings is 3. The van der Waals surface area contributed by atoms with Crippen molar-refractivity contribution in [3.8, 4) is 0 Å². The van der Waals surface area contributed by atoms with E-state index < -0.39 is 10.0 Å². The summed E-state index contributed by atoms with van der Waals surface area (Å²) in [6.07, 6.45) is 16.3. The van der Waals surface area contributed by atoms with Crippen LogP contribution in [0, 0.1) is 5.92 Å². The Balaban J connectivity index is 0.000000163. The van der Waals surface area contributed by atoms with Gasteiger partial charge >= 0.3 is 0 Å². The van der Waals surface area contributed by atoms with Gasteiger partial charge in [-0.2, -0.15) is 0 Å². The van der Waals surface area contributed by atoms with Gasteiger partial charge in [-0.05, 0) is 130 Å². The van der Waals surface area contributed by atoms with E-state index in [9.17, 15) is 32.4 Å². The van der Waals surface area contributed by atoms with Crippen LogP contribution in [0.4, 0.5) is 11.4 Å². The van der Waals surface area contributed by atoms with Crippen LogP contribution in [0.15, 0.2) is 145 Å². The first-order valence-corrected chi connectivity index (χ1v) is 28.2. The molecular weight excluding hydrogens is 1100 g/mol. The van der Waals surface area contributed by atoms with Crippen LogP contribution in [-0.2, 0) is 14.8 Å². The average molecular weight is 1160 g/mol. The molecule has 8 heterocycles. The summed E-state index contributed by atoms with van der Waals surface area (Å²) in [6.45, 7) is 5.34. The van der Waals surface area contributed by atoms with Crippen LogP contribution in [0.3, 0.4) is 0 Å². The van der Waals surface area contributed by atoms with Gasteiger partial charge in [-0.25, -0.2) is 12.7 Å². The number of anilines is 2. The second-order valence-electron chi connectivity index (χ2n) is 19.1. The fraction of sp³-hybridized carbons (Fsp3) is 0.333. The number of benzene rings is 3. The molecule has 0 aliphatic carbocycles. The maximum atomic E-state index is 12.7. The van der Waals surface area contributed by atoms with E-state index in [1.54, 1.807) is 104 Å². The van der Waals surface area contributed by atoms with E-state index in [0.29, 0.717) is 34.6 Å². The van der Waals surface area contributed by atoms with Gasteiger partial charge in [0.1, 0.15) is 10.7 Å². The lowest BCUT2D eigenvalue weighted by molar-refractivity contribution is -0.120. The van der Waals surface area contributed by atoms with Crippen molar-refractivity contribution < 1.29 is 32.4 Å². The molecule has 3 aromatic heterocycles. The van der Waals surface area contributed by atoms with Crippen LogP contribution in [0.2, 0.25) is 15.1 Å². The standard InChI is InChI=1S/C21H25Cl2N3O3S.C18H17N3O2.C13H14N2O2.C5H4ClN.ClH/c1-25(30(28,29)20-4-2-3-19(22)21(20)23)12-9-18(27)15-16-7-13-26(14-8-16)17-5-10-24-11-6-17;22-17-15-3-1-2-4-16(15)18(23)21(17)14-7-11-20(12-8-14)13-5-9-19-10-6-13;16-12-10-3-1-2-4-11(10)13(17)15(12)9-5-7-14-8-6-9;6-5-1-3-7-4-2-5;/h2-6,10-11,16H,7-9,12-15H2,1H3;1-6,9-10,14H,7-8,11-12H2;1-4,9,14H,5-8H2;1-4H;1H. The zero-order chi connectivity index (χ0) is 54.5. The van der Waals surface area contributed by atoms with Crippen molar-refractivity contribution in [1.29, 1.82) is 0 Å². The molecule has 0 atom stereocenters. The highest BCUT2D eigenvalue weighted by Gasteiger charge is 2.42. The Labute approximate surface area is 476 Å². The molecule has 1 N–H and O–H groups in total. The molecule has 16 nitrogen and oxygen atoms in total.